The van der Waals surface area contributed by atoms with Crippen molar-refractivity contribution >= 4 is 27.5 Å². The summed E-state index contributed by atoms with van der Waals surface area (Å²) in [5, 5.41) is 2.52. The predicted octanol–water partition coefficient (Wildman–Crippen LogP) is 4.74. The number of carbonyl (C=O) groups excluding carboxylic acids is 1. The normalized spacial score (nSPS) is 10.6. The van der Waals surface area contributed by atoms with Gasteiger partial charge in [0.25, 0.3) is 5.91 Å². The zero-order chi connectivity index (χ0) is 15.7. The van der Waals surface area contributed by atoms with Crippen molar-refractivity contribution in [2.45, 2.75) is 13.8 Å². The number of anilines is 1. The fourth-order valence-corrected chi connectivity index (χ4v) is 2.68. The van der Waals surface area contributed by atoms with Crippen LogP contribution in [-0.4, -0.2) is 5.91 Å². The van der Waals surface area contributed by atoms with Gasteiger partial charge in [0.15, 0.2) is 17.5 Å². The van der Waals surface area contributed by atoms with Crippen molar-refractivity contribution in [2.75, 3.05) is 5.32 Å². The van der Waals surface area contributed by atoms with Crippen molar-refractivity contribution < 1.29 is 18.0 Å². The van der Waals surface area contributed by atoms with E-state index in [4.69, 9.17) is 0 Å². The lowest BCUT2D eigenvalue weighted by molar-refractivity contribution is 0.102. The average molecular weight is 358 g/mol. The fourth-order valence-electron chi connectivity index (χ4n) is 1.99. The van der Waals surface area contributed by atoms with Crippen LogP contribution >= 0.6 is 15.9 Å². The van der Waals surface area contributed by atoms with Crippen LogP contribution in [0.2, 0.25) is 0 Å². The van der Waals surface area contributed by atoms with Gasteiger partial charge in [-0.25, -0.2) is 13.2 Å². The van der Waals surface area contributed by atoms with E-state index in [2.05, 4.69) is 21.2 Å². The molecule has 2 rings (SSSR count). The highest BCUT2D eigenvalue weighted by atomic mass is 79.9. The predicted molar refractivity (Wildman–Crippen MR) is 77.9 cm³/mol. The molecule has 0 unspecified atom stereocenters. The summed E-state index contributed by atoms with van der Waals surface area (Å²) < 4.78 is 40.5. The number of halogens is 4. The van der Waals surface area contributed by atoms with Crippen molar-refractivity contribution in [3.8, 4) is 0 Å². The Labute approximate surface area is 128 Å². The van der Waals surface area contributed by atoms with E-state index in [1.165, 1.54) is 0 Å². The fraction of sp³-hybridized carbons (Fsp3) is 0.133. The molecule has 0 saturated carbocycles. The SMILES string of the molecule is Cc1cc(Br)cc(C)c1NC(=O)c1ccc(F)c(F)c1F. The van der Waals surface area contributed by atoms with Gasteiger partial charge in [0.05, 0.1) is 5.56 Å². The molecule has 2 aromatic carbocycles. The number of hydrogen-bond donors (Lipinski definition) is 1. The molecule has 0 aliphatic rings. The smallest absolute Gasteiger partial charge is 0.258 e. The van der Waals surface area contributed by atoms with Crippen LogP contribution in [0.5, 0.6) is 0 Å². The molecule has 1 amide bonds. The second-order valence-electron chi connectivity index (χ2n) is 4.59. The second kappa shape index (κ2) is 5.89. The molecule has 0 bridgehead atoms. The van der Waals surface area contributed by atoms with Gasteiger partial charge >= 0.3 is 0 Å². The minimum absolute atomic E-state index is 0.507. The summed E-state index contributed by atoms with van der Waals surface area (Å²) in [5.41, 5.74) is 1.49. The Hall–Kier alpha value is -1.82. The maximum atomic E-state index is 13.6. The largest absolute Gasteiger partial charge is 0.321 e. The number of rotatable bonds is 2. The van der Waals surface area contributed by atoms with Crippen LogP contribution in [0.4, 0.5) is 18.9 Å². The third kappa shape index (κ3) is 3.10. The molecule has 2 nitrogen and oxygen atoms in total. The monoisotopic (exact) mass is 357 g/mol. The molecule has 0 aliphatic heterocycles. The Morgan fingerprint density at radius 1 is 1.05 bits per heavy atom. The molecule has 21 heavy (non-hydrogen) atoms. The molecule has 0 heterocycles. The first-order valence-electron chi connectivity index (χ1n) is 6.03. The first kappa shape index (κ1) is 15.6. The van der Waals surface area contributed by atoms with E-state index in [0.29, 0.717) is 11.8 Å². The standard InChI is InChI=1S/C15H11BrF3NO/c1-7-5-9(16)6-8(2)14(7)20-15(21)10-3-4-11(17)13(19)12(10)18/h3-6H,1-2H3,(H,20,21). The molecule has 110 valence electrons. The van der Waals surface area contributed by atoms with Gasteiger partial charge in [0, 0.05) is 10.2 Å². The first-order chi connectivity index (χ1) is 9.81. The summed E-state index contributed by atoms with van der Waals surface area (Å²) in [4.78, 5) is 12.0. The topological polar surface area (TPSA) is 29.1 Å². The van der Waals surface area contributed by atoms with Crippen molar-refractivity contribution in [3.05, 3.63) is 62.9 Å². The quantitative estimate of drug-likeness (QED) is 0.773. The van der Waals surface area contributed by atoms with Crippen LogP contribution < -0.4 is 5.32 Å². The van der Waals surface area contributed by atoms with Crippen molar-refractivity contribution in [3.63, 3.8) is 0 Å². The van der Waals surface area contributed by atoms with E-state index in [0.717, 1.165) is 21.7 Å². The lowest BCUT2D eigenvalue weighted by Gasteiger charge is -2.13. The van der Waals surface area contributed by atoms with Crippen molar-refractivity contribution in [1.82, 2.24) is 0 Å². The minimum atomic E-state index is -1.66. The molecule has 0 fully saturated rings. The van der Waals surface area contributed by atoms with Gasteiger partial charge in [0.1, 0.15) is 0 Å². The lowest BCUT2D eigenvalue weighted by Crippen LogP contribution is -2.16. The molecular weight excluding hydrogens is 347 g/mol. The Morgan fingerprint density at radius 3 is 2.19 bits per heavy atom. The number of amides is 1. The third-order valence-corrected chi connectivity index (χ3v) is 3.47. The molecule has 1 N–H and O–H groups in total. The van der Waals surface area contributed by atoms with Gasteiger partial charge in [-0.15, -0.1) is 0 Å². The van der Waals surface area contributed by atoms with Crippen LogP contribution in [0.15, 0.2) is 28.7 Å². The number of nitrogens with one attached hydrogen (secondary N) is 1. The van der Waals surface area contributed by atoms with Gasteiger partial charge in [-0.2, -0.15) is 0 Å². The second-order valence-corrected chi connectivity index (χ2v) is 5.51. The summed E-state index contributed by atoms with van der Waals surface area (Å²) >= 11 is 3.32. The zero-order valence-electron chi connectivity index (χ0n) is 11.2. The van der Waals surface area contributed by atoms with Gasteiger partial charge in [-0.3, -0.25) is 4.79 Å². The van der Waals surface area contributed by atoms with Crippen molar-refractivity contribution in [2.24, 2.45) is 0 Å². The Bertz CT molecular complexity index is 708. The summed E-state index contributed by atoms with van der Waals surface area (Å²) in [6.45, 7) is 3.55. The van der Waals surface area contributed by atoms with Crippen LogP contribution in [0, 0.1) is 31.3 Å². The molecular formula is C15H11BrF3NO. The highest BCUT2D eigenvalue weighted by Crippen LogP contribution is 2.26. The lowest BCUT2D eigenvalue weighted by atomic mass is 10.1. The number of carbonyl (C=O) groups is 1. The highest BCUT2D eigenvalue weighted by Gasteiger charge is 2.19. The van der Waals surface area contributed by atoms with E-state index in [-0.39, 0.29) is 0 Å². The average Bonchev–Trinajstić information content (AvgIpc) is 2.40. The van der Waals surface area contributed by atoms with Crippen LogP contribution in [0.3, 0.4) is 0 Å². The summed E-state index contributed by atoms with van der Waals surface area (Å²) in [7, 11) is 0. The summed E-state index contributed by atoms with van der Waals surface area (Å²) in [6, 6.07) is 5.19. The van der Waals surface area contributed by atoms with Gasteiger partial charge in [-0.1, -0.05) is 15.9 Å². The van der Waals surface area contributed by atoms with E-state index in [1.54, 1.807) is 26.0 Å². The number of benzene rings is 2. The molecule has 0 aliphatic carbocycles. The molecule has 0 spiro atoms. The third-order valence-electron chi connectivity index (χ3n) is 3.02. The Kier molecular flexibility index (Phi) is 4.37. The molecule has 0 aromatic heterocycles. The maximum Gasteiger partial charge on any atom is 0.258 e. The minimum Gasteiger partial charge on any atom is -0.321 e. The van der Waals surface area contributed by atoms with Crippen LogP contribution in [0.1, 0.15) is 21.5 Å². The van der Waals surface area contributed by atoms with Crippen molar-refractivity contribution in [1.29, 1.82) is 0 Å². The summed E-state index contributed by atoms with van der Waals surface area (Å²) in [5.74, 6) is -5.33. The summed E-state index contributed by atoms with van der Waals surface area (Å²) in [6.07, 6.45) is 0. The zero-order valence-corrected chi connectivity index (χ0v) is 12.8. The van der Waals surface area contributed by atoms with Gasteiger partial charge in [0.2, 0.25) is 0 Å². The van der Waals surface area contributed by atoms with Gasteiger partial charge < -0.3 is 5.32 Å². The van der Waals surface area contributed by atoms with Crippen LogP contribution in [0.25, 0.3) is 0 Å². The van der Waals surface area contributed by atoms with E-state index in [1.807, 2.05) is 0 Å². The van der Waals surface area contributed by atoms with E-state index < -0.39 is 28.9 Å². The van der Waals surface area contributed by atoms with E-state index in [9.17, 15) is 18.0 Å². The highest BCUT2D eigenvalue weighted by molar-refractivity contribution is 9.10. The number of hydrogen-bond acceptors (Lipinski definition) is 1. The van der Waals surface area contributed by atoms with Crippen LogP contribution in [-0.2, 0) is 0 Å². The maximum absolute atomic E-state index is 13.6. The number of aryl methyl sites for hydroxylation is 2. The van der Waals surface area contributed by atoms with E-state index >= 15 is 0 Å². The molecule has 6 heteroatoms. The molecule has 2 aromatic rings. The molecule has 0 radical (unpaired) electrons. The first-order valence-corrected chi connectivity index (χ1v) is 6.82. The molecule has 0 saturated heterocycles. The Morgan fingerprint density at radius 2 is 1.62 bits per heavy atom. The van der Waals surface area contributed by atoms with Gasteiger partial charge in [-0.05, 0) is 49.2 Å². The molecule has 0 atom stereocenters. The Balaban J connectivity index is 2.38.